The maximum atomic E-state index is 5.42. The van der Waals surface area contributed by atoms with Crippen LogP contribution < -0.4 is 0 Å². The van der Waals surface area contributed by atoms with Crippen LogP contribution in [0.5, 0.6) is 0 Å². The second kappa shape index (κ2) is 4.00. The number of nitrogens with zero attached hydrogens (tertiary/aromatic N) is 2. The number of halogens is 1. The molecule has 2 heterocycles. The summed E-state index contributed by atoms with van der Waals surface area (Å²) in [5.74, 6) is 2.02. The molecular weight excluding hydrogens is 244 g/mol. The molecule has 0 unspecified atom stereocenters. The molecular formula is C10H11BrN2O. The second-order valence-electron chi connectivity index (χ2n) is 3.03. The van der Waals surface area contributed by atoms with E-state index in [9.17, 15) is 0 Å². The molecule has 0 fully saturated rings. The number of hydrogen-bond donors (Lipinski definition) is 0. The number of imidazole rings is 1. The normalized spacial score (nSPS) is 10.7. The van der Waals surface area contributed by atoms with Gasteiger partial charge in [-0.2, -0.15) is 0 Å². The third kappa shape index (κ3) is 1.90. The molecule has 0 bridgehead atoms. The van der Waals surface area contributed by atoms with E-state index in [1.54, 1.807) is 0 Å². The minimum atomic E-state index is 0.745. The lowest BCUT2D eigenvalue weighted by Crippen LogP contribution is -2.02. The zero-order chi connectivity index (χ0) is 9.97. The van der Waals surface area contributed by atoms with Gasteiger partial charge in [0.05, 0.1) is 6.54 Å². The molecule has 14 heavy (non-hydrogen) atoms. The number of furan rings is 1. The van der Waals surface area contributed by atoms with Gasteiger partial charge in [0.15, 0.2) is 4.67 Å². The van der Waals surface area contributed by atoms with Gasteiger partial charge < -0.3 is 8.98 Å². The summed E-state index contributed by atoms with van der Waals surface area (Å²) in [6.45, 7) is 2.84. The van der Waals surface area contributed by atoms with Crippen molar-refractivity contribution in [3.8, 4) is 0 Å². The maximum absolute atomic E-state index is 5.42. The van der Waals surface area contributed by atoms with E-state index in [4.69, 9.17) is 4.42 Å². The van der Waals surface area contributed by atoms with Gasteiger partial charge in [0.2, 0.25) is 0 Å². The predicted octanol–water partition coefficient (Wildman–Crippen LogP) is 2.85. The predicted molar refractivity (Wildman–Crippen MR) is 57.1 cm³/mol. The summed E-state index contributed by atoms with van der Waals surface area (Å²) in [7, 11) is 0. The Labute approximate surface area is 90.9 Å². The smallest absolute Gasteiger partial charge is 0.169 e. The van der Waals surface area contributed by atoms with Crippen LogP contribution in [0.4, 0.5) is 0 Å². The Balaban J connectivity index is 2.18. The Kier molecular flexibility index (Phi) is 2.72. The van der Waals surface area contributed by atoms with E-state index in [2.05, 4.69) is 32.4 Å². The third-order valence-electron chi connectivity index (χ3n) is 2.07. The average molecular weight is 255 g/mol. The highest BCUT2D eigenvalue weighted by molar-refractivity contribution is 9.10. The summed E-state index contributed by atoms with van der Waals surface area (Å²) in [5.41, 5.74) is 0. The maximum Gasteiger partial charge on any atom is 0.169 e. The largest absolute Gasteiger partial charge is 0.452 e. The standard InChI is InChI=1S/C10H11BrN2O/c1-2-10-12-5-6-13(10)7-8-3-4-9(11)14-8/h3-6H,2,7H2,1H3. The number of aryl methyl sites for hydroxylation is 1. The van der Waals surface area contributed by atoms with E-state index in [0.717, 1.165) is 29.2 Å². The van der Waals surface area contributed by atoms with Crippen molar-refractivity contribution in [2.75, 3.05) is 0 Å². The fraction of sp³-hybridized carbons (Fsp3) is 0.300. The SMILES string of the molecule is CCc1nccn1Cc1ccc(Br)o1. The van der Waals surface area contributed by atoms with Crippen LogP contribution in [-0.4, -0.2) is 9.55 Å². The minimum Gasteiger partial charge on any atom is -0.452 e. The van der Waals surface area contributed by atoms with Crippen molar-refractivity contribution in [3.05, 3.63) is 40.8 Å². The van der Waals surface area contributed by atoms with Crippen LogP contribution in [-0.2, 0) is 13.0 Å². The first-order chi connectivity index (χ1) is 6.79. The van der Waals surface area contributed by atoms with E-state index in [1.165, 1.54) is 0 Å². The monoisotopic (exact) mass is 254 g/mol. The topological polar surface area (TPSA) is 31.0 Å². The van der Waals surface area contributed by atoms with E-state index >= 15 is 0 Å². The summed E-state index contributed by atoms with van der Waals surface area (Å²) in [5, 5.41) is 0. The highest BCUT2D eigenvalue weighted by Gasteiger charge is 2.04. The first-order valence-electron chi connectivity index (χ1n) is 4.54. The van der Waals surface area contributed by atoms with Crippen LogP contribution in [0, 0.1) is 0 Å². The molecule has 0 radical (unpaired) electrons. The van der Waals surface area contributed by atoms with Crippen molar-refractivity contribution in [1.82, 2.24) is 9.55 Å². The first kappa shape index (κ1) is 9.52. The first-order valence-corrected chi connectivity index (χ1v) is 5.33. The fourth-order valence-corrected chi connectivity index (χ4v) is 1.74. The van der Waals surface area contributed by atoms with E-state index < -0.39 is 0 Å². The molecule has 0 saturated heterocycles. The van der Waals surface area contributed by atoms with Crippen molar-refractivity contribution in [3.63, 3.8) is 0 Å². The molecule has 0 aliphatic carbocycles. The average Bonchev–Trinajstić information content (AvgIpc) is 2.76. The van der Waals surface area contributed by atoms with Gasteiger partial charge in [-0.05, 0) is 28.1 Å². The molecule has 2 rings (SSSR count). The molecule has 0 aromatic carbocycles. The minimum absolute atomic E-state index is 0.745. The Morgan fingerprint density at radius 1 is 1.50 bits per heavy atom. The van der Waals surface area contributed by atoms with Crippen LogP contribution in [0.3, 0.4) is 0 Å². The molecule has 3 nitrogen and oxygen atoms in total. The van der Waals surface area contributed by atoms with Crippen LogP contribution >= 0.6 is 15.9 Å². The second-order valence-corrected chi connectivity index (χ2v) is 3.81. The van der Waals surface area contributed by atoms with Gasteiger partial charge in [-0.3, -0.25) is 0 Å². The molecule has 2 aromatic rings. The molecule has 2 aromatic heterocycles. The van der Waals surface area contributed by atoms with E-state index in [1.807, 2.05) is 24.5 Å². The summed E-state index contributed by atoms with van der Waals surface area (Å²) in [6, 6.07) is 3.86. The summed E-state index contributed by atoms with van der Waals surface area (Å²) in [6.07, 6.45) is 4.72. The molecule has 4 heteroatoms. The van der Waals surface area contributed by atoms with Gasteiger partial charge in [-0.25, -0.2) is 4.98 Å². The summed E-state index contributed by atoms with van der Waals surface area (Å²) >= 11 is 3.28. The highest BCUT2D eigenvalue weighted by atomic mass is 79.9. The van der Waals surface area contributed by atoms with Crippen LogP contribution in [0.1, 0.15) is 18.5 Å². The lowest BCUT2D eigenvalue weighted by molar-refractivity contribution is 0.470. The van der Waals surface area contributed by atoms with E-state index in [-0.39, 0.29) is 0 Å². The molecule has 0 aliphatic rings. The highest BCUT2D eigenvalue weighted by Crippen LogP contribution is 2.15. The van der Waals surface area contributed by atoms with Gasteiger partial charge in [-0.15, -0.1) is 0 Å². The van der Waals surface area contributed by atoms with Crippen molar-refractivity contribution in [2.45, 2.75) is 19.9 Å². The van der Waals surface area contributed by atoms with E-state index in [0.29, 0.717) is 0 Å². The van der Waals surface area contributed by atoms with Gasteiger partial charge in [-0.1, -0.05) is 6.92 Å². The van der Waals surface area contributed by atoms with Gasteiger partial charge in [0.1, 0.15) is 11.6 Å². The molecule has 0 amide bonds. The van der Waals surface area contributed by atoms with Crippen LogP contribution in [0.2, 0.25) is 0 Å². The Morgan fingerprint density at radius 2 is 2.36 bits per heavy atom. The summed E-state index contributed by atoms with van der Waals surface area (Å²) < 4.78 is 8.28. The van der Waals surface area contributed by atoms with Gasteiger partial charge >= 0.3 is 0 Å². The van der Waals surface area contributed by atoms with Gasteiger partial charge in [0.25, 0.3) is 0 Å². The fourth-order valence-electron chi connectivity index (χ4n) is 1.40. The zero-order valence-electron chi connectivity index (χ0n) is 7.90. The Hall–Kier alpha value is -1.03. The lowest BCUT2D eigenvalue weighted by atomic mass is 10.4. The van der Waals surface area contributed by atoms with Crippen molar-refractivity contribution in [2.24, 2.45) is 0 Å². The zero-order valence-corrected chi connectivity index (χ0v) is 9.49. The van der Waals surface area contributed by atoms with Crippen molar-refractivity contribution < 1.29 is 4.42 Å². The Bertz CT molecular complexity index is 419. The molecule has 74 valence electrons. The number of rotatable bonds is 3. The Morgan fingerprint density at radius 3 is 3.00 bits per heavy atom. The third-order valence-corrected chi connectivity index (χ3v) is 2.50. The summed E-state index contributed by atoms with van der Waals surface area (Å²) in [4.78, 5) is 4.25. The van der Waals surface area contributed by atoms with Crippen molar-refractivity contribution >= 4 is 15.9 Å². The quantitative estimate of drug-likeness (QED) is 0.844. The molecule has 0 atom stereocenters. The number of aromatic nitrogens is 2. The number of hydrogen-bond acceptors (Lipinski definition) is 2. The molecule has 0 N–H and O–H groups in total. The molecule has 0 saturated carbocycles. The molecule has 0 spiro atoms. The lowest BCUT2D eigenvalue weighted by Gasteiger charge is -2.02. The van der Waals surface area contributed by atoms with Crippen LogP contribution in [0.25, 0.3) is 0 Å². The van der Waals surface area contributed by atoms with Crippen molar-refractivity contribution in [1.29, 1.82) is 0 Å². The van der Waals surface area contributed by atoms with Crippen LogP contribution in [0.15, 0.2) is 33.6 Å². The molecule has 0 aliphatic heterocycles. The van der Waals surface area contributed by atoms with Gasteiger partial charge in [0, 0.05) is 18.8 Å².